The van der Waals surface area contributed by atoms with Crippen LogP contribution in [0.3, 0.4) is 0 Å². The lowest BCUT2D eigenvalue weighted by molar-refractivity contribution is -0.141. The molecule has 1 amide bonds. The van der Waals surface area contributed by atoms with Gasteiger partial charge in [0.2, 0.25) is 0 Å². The average Bonchev–Trinajstić information content (AvgIpc) is 3.11. The van der Waals surface area contributed by atoms with E-state index in [1.54, 1.807) is 35.2 Å². The largest absolute Gasteiger partial charge is 0.492 e. The van der Waals surface area contributed by atoms with E-state index >= 15 is 0 Å². The van der Waals surface area contributed by atoms with Gasteiger partial charge in [-0.15, -0.1) is 0 Å². The third kappa shape index (κ3) is 8.95. The maximum atomic E-state index is 13.4. The highest BCUT2D eigenvalue weighted by atomic mass is 16.5. The van der Waals surface area contributed by atoms with Crippen LogP contribution in [0.1, 0.15) is 43.0 Å². The molecule has 0 aromatic heterocycles. The second-order valence-corrected chi connectivity index (χ2v) is 11.2. The normalized spacial score (nSPS) is 11.3. The molecule has 0 aliphatic carbocycles. The van der Waals surface area contributed by atoms with Gasteiger partial charge in [0.25, 0.3) is 5.91 Å². The Morgan fingerprint density at radius 3 is 2.06 bits per heavy atom. The number of hydrogen-bond acceptors (Lipinski definition) is 6. The van der Waals surface area contributed by atoms with Gasteiger partial charge >= 0.3 is 5.97 Å². The van der Waals surface area contributed by atoms with E-state index in [1.165, 1.54) is 7.11 Å². The van der Waals surface area contributed by atoms with Crippen molar-refractivity contribution in [2.75, 3.05) is 25.6 Å². The maximum Gasteiger partial charge on any atom is 0.328 e. The molecule has 1 unspecified atom stereocenters. The zero-order valence-corrected chi connectivity index (χ0v) is 26.6. The van der Waals surface area contributed by atoms with Gasteiger partial charge in [-0.25, -0.2) is 4.79 Å². The number of carbonyl (C=O) groups is 3. The summed E-state index contributed by atoms with van der Waals surface area (Å²) in [6, 6.07) is 40.3. The SMILES string of the molecule is COC(=O)C(Cc1ccc(OCCN(Cc2cccc(C)c2)C(=O)c2ccccc2)cc1)Nc1ccccc1C(=O)c1ccccc1. The van der Waals surface area contributed by atoms with E-state index in [0.717, 1.165) is 16.7 Å². The molecule has 0 spiro atoms. The molecule has 1 atom stereocenters. The first kappa shape index (κ1) is 32.7. The second kappa shape index (κ2) is 16.0. The van der Waals surface area contributed by atoms with E-state index in [0.29, 0.717) is 54.2 Å². The standard InChI is InChI=1S/C40H38N2O5/c1-29-12-11-13-31(26-29)28-42(39(44)33-16-7-4-8-17-33)24-25-47-34-22-20-30(21-23-34)27-37(40(45)46-2)41-36-19-10-9-18-35(36)38(43)32-14-5-3-6-15-32/h3-23,26,37,41H,24-25,27-28H2,1-2H3. The molecule has 7 heteroatoms. The Kier molecular flexibility index (Phi) is 11.2. The van der Waals surface area contributed by atoms with Gasteiger partial charge in [0.05, 0.1) is 13.7 Å². The van der Waals surface area contributed by atoms with E-state index < -0.39 is 12.0 Å². The molecular weight excluding hydrogens is 588 g/mol. The third-order valence-corrected chi connectivity index (χ3v) is 7.78. The number of esters is 1. The number of nitrogens with one attached hydrogen (secondary N) is 1. The van der Waals surface area contributed by atoms with Crippen molar-refractivity contribution in [2.45, 2.75) is 25.9 Å². The van der Waals surface area contributed by atoms with E-state index in [1.807, 2.05) is 104 Å². The topological polar surface area (TPSA) is 84.9 Å². The molecule has 0 aliphatic heterocycles. The van der Waals surface area contributed by atoms with Crippen LogP contribution in [-0.2, 0) is 22.5 Å². The fourth-order valence-electron chi connectivity index (χ4n) is 5.35. The predicted molar refractivity (Wildman–Crippen MR) is 184 cm³/mol. The minimum absolute atomic E-state index is 0.0561. The van der Waals surface area contributed by atoms with Crippen molar-refractivity contribution in [3.63, 3.8) is 0 Å². The van der Waals surface area contributed by atoms with Gasteiger partial charge in [0.15, 0.2) is 5.78 Å². The zero-order chi connectivity index (χ0) is 33.0. The minimum Gasteiger partial charge on any atom is -0.492 e. The molecule has 5 aromatic carbocycles. The number of benzene rings is 5. The number of anilines is 1. The third-order valence-electron chi connectivity index (χ3n) is 7.78. The van der Waals surface area contributed by atoms with Crippen LogP contribution in [0, 0.1) is 6.92 Å². The van der Waals surface area contributed by atoms with Crippen molar-refractivity contribution in [1.82, 2.24) is 4.90 Å². The molecule has 7 nitrogen and oxygen atoms in total. The molecule has 238 valence electrons. The summed E-state index contributed by atoms with van der Waals surface area (Å²) in [5, 5.41) is 3.24. The highest BCUT2D eigenvalue weighted by Gasteiger charge is 2.23. The summed E-state index contributed by atoms with van der Waals surface area (Å²) < 4.78 is 11.2. The summed E-state index contributed by atoms with van der Waals surface area (Å²) in [4.78, 5) is 41.2. The van der Waals surface area contributed by atoms with Crippen molar-refractivity contribution in [3.8, 4) is 5.75 Å². The van der Waals surface area contributed by atoms with Gasteiger partial charge < -0.3 is 19.7 Å². The number of amides is 1. The smallest absolute Gasteiger partial charge is 0.328 e. The van der Waals surface area contributed by atoms with Crippen molar-refractivity contribution in [1.29, 1.82) is 0 Å². The highest BCUT2D eigenvalue weighted by Crippen LogP contribution is 2.22. The number of para-hydroxylation sites is 1. The average molecular weight is 627 g/mol. The van der Waals surface area contributed by atoms with Crippen molar-refractivity contribution in [3.05, 3.63) is 167 Å². The molecular formula is C40H38N2O5. The molecule has 0 radical (unpaired) electrons. The number of rotatable bonds is 14. The summed E-state index contributed by atoms with van der Waals surface area (Å²) in [5.41, 5.74) is 5.29. The number of aryl methyl sites for hydroxylation is 1. The van der Waals surface area contributed by atoms with Crippen molar-refractivity contribution >= 4 is 23.3 Å². The van der Waals surface area contributed by atoms with Gasteiger partial charge in [-0.1, -0.05) is 103 Å². The number of carbonyl (C=O) groups excluding carboxylic acids is 3. The molecule has 0 bridgehead atoms. The Bertz CT molecular complexity index is 1790. The van der Waals surface area contributed by atoms with Crippen LogP contribution < -0.4 is 10.1 Å². The Morgan fingerprint density at radius 1 is 0.723 bits per heavy atom. The summed E-state index contributed by atoms with van der Waals surface area (Å²) in [6.07, 6.45) is 0.330. The lowest BCUT2D eigenvalue weighted by Crippen LogP contribution is -2.34. The van der Waals surface area contributed by atoms with Crippen LogP contribution in [0.4, 0.5) is 5.69 Å². The molecule has 0 aliphatic rings. The summed E-state index contributed by atoms with van der Waals surface area (Å²) in [5.74, 6) is 0.0167. The first-order valence-electron chi connectivity index (χ1n) is 15.6. The number of nitrogens with zero attached hydrogens (tertiary/aromatic N) is 1. The monoisotopic (exact) mass is 626 g/mol. The lowest BCUT2D eigenvalue weighted by Gasteiger charge is -2.23. The Balaban J connectivity index is 1.23. The second-order valence-electron chi connectivity index (χ2n) is 11.2. The van der Waals surface area contributed by atoms with E-state index in [9.17, 15) is 14.4 Å². The van der Waals surface area contributed by atoms with Crippen LogP contribution in [0.15, 0.2) is 133 Å². The van der Waals surface area contributed by atoms with E-state index in [-0.39, 0.29) is 11.7 Å². The van der Waals surface area contributed by atoms with Gasteiger partial charge in [-0.05, 0) is 54.4 Å². The maximum absolute atomic E-state index is 13.4. The van der Waals surface area contributed by atoms with Crippen molar-refractivity contribution in [2.24, 2.45) is 0 Å². The Hall–Kier alpha value is -5.69. The molecule has 5 aromatic rings. The van der Waals surface area contributed by atoms with Gasteiger partial charge in [-0.3, -0.25) is 9.59 Å². The quantitative estimate of drug-likeness (QED) is 0.104. The van der Waals surface area contributed by atoms with Crippen LogP contribution in [0.5, 0.6) is 5.75 Å². The molecule has 0 saturated heterocycles. The summed E-state index contributed by atoms with van der Waals surface area (Å²) >= 11 is 0. The first-order chi connectivity index (χ1) is 22.9. The zero-order valence-electron chi connectivity index (χ0n) is 26.6. The fourth-order valence-corrected chi connectivity index (χ4v) is 5.35. The number of hydrogen-bond donors (Lipinski definition) is 1. The van der Waals surface area contributed by atoms with Crippen LogP contribution in [-0.4, -0.2) is 48.9 Å². The Labute approximate surface area is 275 Å². The Morgan fingerprint density at radius 2 is 1.38 bits per heavy atom. The van der Waals surface area contributed by atoms with E-state index in [2.05, 4.69) is 11.4 Å². The minimum atomic E-state index is -0.726. The number of ether oxygens (including phenoxy) is 2. The summed E-state index contributed by atoms with van der Waals surface area (Å²) in [6.45, 7) is 3.22. The van der Waals surface area contributed by atoms with Crippen LogP contribution >= 0.6 is 0 Å². The predicted octanol–water partition coefficient (Wildman–Crippen LogP) is 7.14. The fraction of sp³-hybridized carbons (Fsp3) is 0.175. The molecule has 1 N–H and O–H groups in total. The molecule has 0 saturated carbocycles. The van der Waals surface area contributed by atoms with Crippen LogP contribution in [0.2, 0.25) is 0 Å². The summed E-state index contributed by atoms with van der Waals surface area (Å²) in [7, 11) is 1.35. The van der Waals surface area contributed by atoms with Crippen molar-refractivity contribution < 1.29 is 23.9 Å². The van der Waals surface area contributed by atoms with Crippen LogP contribution in [0.25, 0.3) is 0 Å². The molecule has 47 heavy (non-hydrogen) atoms. The molecule has 0 fully saturated rings. The molecule has 0 heterocycles. The molecule has 5 rings (SSSR count). The number of methoxy groups -OCH3 is 1. The lowest BCUT2D eigenvalue weighted by atomic mass is 10.00. The van der Waals surface area contributed by atoms with Gasteiger partial charge in [-0.2, -0.15) is 0 Å². The van der Waals surface area contributed by atoms with Gasteiger partial charge in [0.1, 0.15) is 18.4 Å². The van der Waals surface area contributed by atoms with E-state index in [4.69, 9.17) is 9.47 Å². The highest BCUT2D eigenvalue weighted by molar-refractivity contribution is 6.12. The van der Waals surface area contributed by atoms with Gasteiger partial charge in [0, 0.05) is 35.3 Å². The first-order valence-corrected chi connectivity index (χ1v) is 15.6. The number of ketones is 1.